The highest BCUT2D eigenvalue weighted by molar-refractivity contribution is 9.10. The average molecular weight is 399 g/mol. The minimum atomic E-state index is -0.586. The van der Waals surface area contributed by atoms with Gasteiger partial charge in [0.2, 0.25) is 0 Å². The average Bonchev–Trinajstić information content (AvgIpc) is 2.37. The number of carbonyl (C=O) groups excluding carboxylic acids is 2. The number of hydrogen-bond donors (Lipinski definition) is 1. The molecule has 1 N–H and O–H groups in total. The molecule has 0 saturated carbocycles. The molecule has 0 aliphatic rings. The highest BCUT2D eigenvalue weighted by atomic mass is 79.9. The fraction of sp³-hybridized carbons (Fsp3) is 0.273. The third-order valence-electron chi connectivity index (χ3n) is 2.07. The smallest absolute Gasteiger partial charge is 0.321 e. The van der Waals surface area contributed by atoms with Crippen LogP contribution in [-0.2, 0) is 9.53 Å². The Balaban J connectivity index is 2.66. The molecule has 0 aliphatic carbocycles. The van der Waals surface area contributed by atoms with E-state index in [1.165, 1.54) is 7.11 Å². The number of methoxy groups -OCH3 is 1. The molecule has 0 aliphatic heterocycles. The lowest BCUT2D eigenvalue weighted by molar-refractivity contribution is -0.139. The van der Waals surface area contributed by atoms with E-state index in [9.17, 15) is 9.59 Å². The Labute approximate surface area is 126 Å². The number of benzene rings is 1. The van der Waals surface area contributed by atoms with E-state index in [4.69, 9.17) is 11.6 Å². The molecule has 0 heterocycles. The van der Waals surface area contributed by atoms with E-state index in [0.717, 1.165) is 4.47 Å². The lowest BCUT2D eigenvalue weighted by Gasteiger charge is -2.10. The van der Waals surface area contributed by atoms with Gasteiger partial charge in [-0.2, -0.15) is 0 Å². The van der Waals surface area contributed by atoms with Crippen molar-refractivity contribution in [2.24, 2.45) is 0 Å². The molecule has 7 heteroatoms. The topological polar surface area (TPSA) is 55.4 Å². The van der Waals surface area contributed by atoms with Gasteiger partial charge in [0, 0.05) is 11.0 Å². The van der Waals surface area contributed by atoms with Crippen LogP contribution in [0.1, 0.15) is 10.4 Å². The monoisotopic (exact) mass is 397 g/mol. The highest BCUT2D eigenvalue weighted by Crippen LogP contribution is 2.20. The standard InChI is InChI=1S/C11H10Br2ClNO3/c1-18-11(17)8(13)5-15-10(16)7-4-6(12)2-3-9(7)14/h2-4,8H,5H2,1H3,(H,15,16). The molecular weight excluding hydrogens is 389 g/mol. The number of hydrogen-bond acceptors (Lipinski definition) is 3. The molecule has 98 valence electrons. The molecule has 1 aromatic rings. The fourth-order valence-corrected chi connectivity index (χ4v) is 2.07. The van der Waals surface area contributed by atoms with Crippen molar-refractivity contribution in [3.05, 3.63) is 33.3 Å². The van der Waals surface area contributed by atoms with Crippen molar-refractivity contribution in [1.82, 2.24) is 5.32 Å². The number of carbonyl (C=O) groups is 2. The van der Waals surface area contributed by atoms with Gasteiger partial charge < -0.3 is 10.1 Å². The summed E-state index contributed by atoms with van der Waals surface area (Å²) in [5, 5.41) is 2.94. The van der Waals surface area contributed by atoms with Crippen LogP contribution >= 0.6 is 43.5 Å². The third-order valence-corrected chi connectivity index (χ3v) is 3.59. The maximum absolute atomic E-state index is 11.8. The Hall–Kier alpha value is -0.590. The molecule has 1 unspecified atom stereocenters. The molecule has 18 heavy (non-hydrogen) atoms. The second-order valence-electron chi connectivity index (χ2n) is 3.32. The van der Waals surface area contributed by atoms with Crippen LogP contribution in [0.3, 0.4) is 0 Å². The second kappa shape index (κ2) is 7.11. The SMILES string of the molecule is COC(=O)C(Br)CNC(=O)c1cc(Br)ccc1Cl. The van der Waals surface area contributed by atoms with Crippen molar-refractivity contribution in [3.8, 4) is 0 Å². The summed E-state index contributed by atoms with van der Waals surface area (Å²) in [6.45, 7) is 0.119. The lowest BCUT2D eigenvalue weighted by Crippen LogP contribution is -2.34. The molecule has 0 fully saturated rings. The molecule has 4 nitrogen and oxygen atoms in total. The summed E-state index contributed by atoms with van der Waals surface area (Å²) < 4.78 is 5.27. The zero-order chi connectivity index (χ0) is 13.7. The van der Waals surface area contributed by atoms with Gasteiger partial charge in [0.05, 0.1) is 17.7 Å². The van der Waals surface area contributed by atoms with Crippen molar-refractivity contribution < 1.29 is 14.3 Å². The molecule has 0 radical (unpaired) electrons. The summed E-state index contributed by atoms with van der Waals surface area (Å²) in [6.07, 6.45) is 0. The molecule has 0 spiro atoms. The van der Waals surface area contributed by atoms with Gasteiger partial charge in [-0.3, -0.25) is 9.59 Å². The van der Waals surface area contributed by atoms with Crippen molar-refractivity contribution in [2.75, 3.05) is 13.7 Å². The first-order chi connectivity index (χ1) is 8.45. The second-order valence-corrected chi connectivity index (χ2v) is 5.75. The summed E-state index contributed by atoms with van der Waals surface area (Å²) in [6, 6.07) is 4.96. The normalized spacial score (nSPS) is 11.8. The molecular formula is C11H10Br2ClNO3. The predicted molar refractivity (Wildman–Crippen MR) is 76.2 cm³/mol. The van der Waals surface area contributed by atoms with E-state index in [0.29, 0.717) is 10.6 Å². The quantitative estimate of drug-likeness (QED) is 0.626. The first kappa shape index (κ1) is 15.5. The van der Waals surface area contributed by atoms with E-state index >= 15 is 0 Å². The molecule has 1 rings (SSSR count). The fourth-order valence-electron chi connectivity index (χ4n) is 1.16. The Kier molecular flexibility index (Phi) is 6.11. The first-order valence-corrected chi connectivity index (χ1v) is 6.99. The van der Waals surface area contributed by atoms with Crippen LogP contribution in [0.25, 0.3) is 0 Å². The van der Waals surface area contributed by atoms with Gasteiger partial charge in [0.25, 0.3) is 5.91 Å². The highest BCUT2D eigenvalue weighted by Gasteiger charge is 2.17. The van der Waals surface area contributed by atoms with Gasteiger partial charge in [0.1, 0.15) is 4.83 Å². The van der Waals surface area contributed by atoms with Crippen LogP contribution < -0.4 is 5.32 Å². The van der Waals surface area contributed by atoms with Gasteiger partial charge in [-0.05, 0) is 18.2 Å². The van der Waals surface area contributed by atoms with Crippen LogP contribution in [0, 0.1) is 0 Å². The Morgan fingerprint density at radius 1 is 1.50 bits per heavy atom. The van der Waals surface area contributed by atoms with E-state index < -0.39 is 10.8 Å². The number of rotatable bonds is 4. The maximum atomic E-state index is 11.8. The van der Waals surface area contributed by atoms with Gasteiger partial charge in [-0.25, -0.2) is 0 Å². The number of nitrogens with one attached hydrogen (secondary N) is 1. The van der Waals surface area contributed by atoms with Crippen LogP contribution in [-0.4, -0.2) is 30.4 Å². The largest absolute Gasteiger partial charge is 0.468 e. The molecule has 1 amide bonds. The van der Waals surface area contributed by atoms with Crippen molar-refractivity contribution in [1.29, 1.82) is 0 Å². The van der Waals surface area contributed by atoms with Crippen LogP contribution in [0.2, 0.25) is 5.02 Å². The maximum Gasteiger partial charge on any atom is 0.321 e. The number of esters is 1. The molecule has 0 saturated heterocycles. The van der Waals surface area contributed by atoms with E-state index in [1.807, 2.05) is 0 Å². The Morgan fingerprint density at radius 2 is 2.17 bits per heavy atom. The molecule has 1 atom stereocenters. The Bertz CT molecular complexity index is 468. The van der Waals surface area contributed by atoms with Crippen molar-refractivity contribution >= 4 is 55.3 Å². The zero-order valence-electron chi connectivity index (χ0n) is 9.38. The summed E-state index contributed by atoms with van der Waals surface area (Å²) in [5.41, 5.74) is 0.343. The minimum absolute atomic E-state index is 0.119. The van der Waals surface area contributed by atoms with Gasteiger partial charge >= 0.3 is 5.97 Å². The predicted octanol–water partition coefficient (Wildman–Crippen LogP) is 2.77. The van der Waals surface area contributed by atoms with Crippen LogP contribution in [0.5, 0.6) is 0 Å². The van der Waals surface area contributed by atoms with Gasteiger partial charge in [-0.1, -0.05) is 43.5 Å². The zero-order valence-corrected chi connectivity index (χ0v) is 13.3. The molecule has 0 aromatic heterocycles. The minimum Gasteiger partial charge on any atom is -0.468 e. The number of halogens is 3. The van der Waals surface area contributed by atoms with Gasteiger partial charge in [-0.15, -0.1) is 0 Å². The third kappa shape index (κ3) is 4.26. The lowest BCUT2D eigenvalue weighted by atomic mass is 10.2. The Morgan fingerprint density at radius 3 is 2.78 bits per heavy atom. The number of ether oxygens (including phenoxy) is 1. The van der Waals surface area contributed by atoms with Crippen LogP contribution in [0.4, 0.5) is 0 Å². The summed E-state index contributed by atoms with van der Waals surface area (Å²) >= 11 is 12.3. The first-order valence-electron chi connectivity index (χ1n) is 4.91. The van der Waals surface area contributed by atoms with Gasteiger partial charge in [0.15, 0.2) is 0 Å². The number of alkyl halides is 1. The summed E-state index contributed by atoms with van der Waals surface area (Å²) in [4.78, 5) is 22.4. The van der Waals surface area contributed by atoms with Crippen molar-refractivity contribution in [2.45, 2.75) is 4.83 Å². The summed E-state index contributed by atoms with van der Waals surface area (Å²) in [5.74, 6) is -0.801. The summed E-state index contributed by atoms with van der Waals surface area (Å²) in [7, 11) is 1.28. The van der Waals surface area contributed by atoms with E-state index in [1.54, 1.807) is 18.2 Å². The molecule has 0 bridgehead atoms. The van der Waals surface area contributed by atoms with Crippen molar-refractivity contribution in [3.63, 3.8) is 0 Å². The number of amides is 1. The van der Waals surface area contributed by atoms with Crippen LogP contribution in [0.15, 0.2) is 22.7 Å². The molecule has 1 aromatic carbocycles. The van der Waals surface area contributed by atoms with E-state index in [2.05, 4.69) is 41.9 Å². The van der Waals surface area contributed by atoms with E-state index in [-0.39, 0.29) is 12.5 Å².